The molecule has 1 N–H and O–H groups in total. The number of hydrogen-bond acceptors (Lipinski definition) is 5. The Balaban J connectivity index is 1.89. The van der Waals surface area contributed by atoms with Crippen LogP contribution in [0.15, 0.2) is 11.1 Å². The van der Waals surface area contributed by atoms with Gasteiger partial charge in [0.1, 0.15) is 0 Å². The first kappa shape index (κ1) is 10.2. The van der Waals surface area contributed by atoms with E-state index in [1.165, 1.54) is 0 Å². The van der Waals surface area contributed by atoms with Crippen LogP contribution >= 0.6 is 0 Å². The highest BCUT2D eigenvalue weighted by molar-refractivity contribution is 7.85. The lowest BCUT2D eigenvalue weighted by Crippen LogP contribution is -2.44. The number of fused-ring (bicyclic) bond motifs is 1. The predicted octanol–water partition coefficient (Wildman–Crippen LogP) is -0.450. The lowest BCUT2D eigenvalue weighted by atomic mass is 10.3. The maximum atomic E-state index is 11.6. The predicted molar refractivity (Wildman–Crippen MR) is 62.1 cm³/mol. The molecule has 3 rings (SSSR count). The maximum absolute atomic E-state index is 11.6. The molecule has 0 amide bonds. The van der Waals surface area contributed by atoms with E-state index in [0.717, 1.165) is 49.1 Å². The van der Waals surface area contributed by atoms with Crippen molar-refractivity contribution < 1.29 is 4.21 Å². The smallest absolute Gasteiger partial charge is 0.225 e. The van der Waals surface area contributed by atoms with Gasteiger partial charge in [0.15, 0.2) is 0 Å². The third-order valence-corrected chi connectivity index (χ3v) is 4.39. The first-order chi connectivity index (χ1) is 7.84. The van der Waals surface area contributed by atoms with E-state index >= 15 is 0 Å². The Morgan fingerprint density at radius 1 is 1.38 bits per heavy atom. The van der Waals surface area contributed by atoms with Gasteiger partial charge in [0.25, 0.3) is 0 Å². The second-order valence-corrected chi connectivity index (χ2v) is 5.56. The zero-order valence-electron chi connectivity index (χ0n) is 8.98. The van der Waals surface area contributed by atoms with E-state index in [-0.39, 0.29) is 0 Å². The van der Waals surface area contributed by atoms with Crippen LogP contribution in [0, 0.1) is 0 Å². The second-order valence-electron chi connectivity index (χ2n) is 4.02. The van der Waals surface area contributed by atoms with Gasteiger partial charge in [0.2, 0.25) is 5.95 Å². The quantitative estimate of drug-likeness (QED) is 0.718. The molecule has 1 saturated heterocycles. The third kappa shape index (κ3) is 1.72. The summed E-state index contributed by atoms with van der Waals surface area (Å²) in [6.07, 6.45) is 2.56. The van der Waals surface area contributed by atoms with Crippen molar-refractivity contribution >= 4 is 16.7 Å². The Kier molecular flexibility index (Phi) is 2.61. The minimum absolute atomic E-state index is 0.703. The molecule has 1 aromatic rings. The summed E-state index contributed by atoms with van der Waals surface area (Å²) in [7, 11) is -0.867. The van der Waals surface area contributed by atoms with E-state index < -0.39 is 10.8 Å². The highest BCUT2D eigenvalue weighted by Crippen LogP contribution is 2.22. The molecular formula is C10H14N4OS. The molecule has 0 aromatic carbocycles. The molecule has 16 heavy (non-hydrogen) atoms. The number of aryl methyl sites for hydroxylation is 1. The van der Waals surface area contributed by atoms with Crippen molar-refractivity contribution in [3.8, 4) is 0 Å². The van der Waals surface area contributed by atoms with Crippen molar-refractivity contribution in [2.24, 2.45) is 0 Å². The van der Waals surface area contributed by atoms with Gasteiger partial charge in [-0.15, -0.1) is 0 Å². The van der Waals surface area contributed by atoms with Gasteiger partial charge in [-0.2, -0.15) is 0 Å². The monoisotopic (exact) mass is 238 g/mol. The average Bonchev–Trinajstić information content (AvgIpc) is 2.72. The van der Waals surface area contributed by atoms with E-state index in [9.17, 15) is 4.21 Å². The summed E-state index contributed by atoms with van der Waals surface area (Å²) in [5, 5.41) is 3.30. The number of piperazine rings is 1. The van der Waals surface area contributed by atoms with Crippen LogP contribution in [-0.2, 0) is 17.2 Å². The Morgan fingerprint density at radius 2 is 2.19 bits per heavy atom. The van der Waals surface area contributed by atoms with Crippen molar-refractivity contribution in [3.05, 3.63) is 11.9 Å². The minimum atomic E-state index is -0.867. The van der Waals surface area contributed by atoms with E-state index in [2.05, 4.69) is 20.2 Å². The SMILES string of the molecule is O=S1CCc2nc(N3CCNCC3)ncc21. The topological polar surface area (TPSA) is 58.1 Å². The van der Waals surface area contributed by atoms with Gasteiger partial charge in [-0.05, 0) is 0 Å². The number of nitrogens with zero attached hydrogens (tertiary/aromatic N) is 3. The summed E-state index contributed by atoms with van der Waals surface area (Å²) in [6.45, 7) is 3.85. The van der Waals surface area contributed by atoms with Crippen LogP contribution in [0.2, 0.25) is 0 Å². The standard InChI is InChI=1S/C10H14N4OS/c15-16-6-1-8-9(16)7-12-10(13-8)14-4-2-11-3-5-14/h7,11H,1-6H2. The van der Waals surface area contributed by atoms with Crippen LogP contribution in [0.25, 0.3) is 0 Å². The molecule has 2 aliphatic rings. The van der Waals surface area contributed by atoms with Crippen LogP contribution in [0.4, 0.5) is 5.95 Å². The van der Waals surface area contributed by atoms with Crippen molar-refractivity contribution in [2.45, 2.75) is 11.3 Å². The minimum Gasteiger partial charge on any atom is -0.338 e. The molecule has 2 aliphatic heterocycles. The Bertz CT molecular complexity index is 431. The van der Waals surface area contributed by atoms with E-state index in [4.69, 9.17) is 0 Å². The van der Waals surface area contributed by atoms with Crippen LogP contribution in [-0.4, -0.2) is 46.1 Å². The van der Waals surface area contributed by atoms with Crippen LogP contribution in [0.5, 0.6) is 0 Å². The number of rotatable bonds is 1. The summed E-state index contributed by atoms with van der Waals surface area (Å²) in [5.74, 6) is 1.49. The molecule has 1 unspecified atom stereocenters. The van der Waals surface area contributed by atoms with Gasteiger partial charge in [0.05, 0.1) is 21.4 Å². The molecule has 0 bridgehead atoms. The average molecular weight is 238 g/mol. The second kappa shape index (κ2) is 4.10. The fourth-order valence-electron chi connectivity index (χ4n) is 2.08. The molecular weight excluding hydrogens is 224 g/mol. The Labute approximate surface area is 96.7 Å². The Morgan fingerprint density at radius 3 is 3.00 bits per heavy atom. The first-order valence-electron chi connectivity index (χ1n) is 5.54. The van der Waals surface area contributed by atoms with E-state index in [1.807, 2.05) is 0 Å². The normalized spacial score (nSPS) is 24.5. The molecule has 86 valence electrons. The van der Waals surface area contributed by atoms with Gasteiger partial charge >= 0.3 is 0 Å². The molecule has 0 spiro atoms. The zero-order chi connectivity index (χ0) is 11.0. The van der Waals surface area contributed by atoms with Crippen molar-refractivity contribution in [2.75, 3.05) is 36.8 Å². The molecule has 5 nitrogen and oxygen atoms in total. The van der Waals surface area contributed by atoms with E-state index in [1.54, 1.807) is 6.20 Å². The van der Waals surface area contributed by atoms with Crippen LogP contribution in [0.1, 0.15) is 5.69 Å². The summed E-state index contributed by atoms with van der Waals surface area (Å²) >= 11 is 0. The highest BCUT2D eigenvalue weighted by atomic mass is 32.2. The summed E-state index contributed by atoms with van der Waals surface area (Å²) < 4.78 is 11.6. The van der Waals surface area contributed by atoms with Gasteiger partial charge in [0, 0.05) is 44.5 Å². The molecule has 3 heterocycles. The van der Waals surface area contributed by atoms with E-state index in [0.29, 0.717) is 5.75 Å². The zero-order valence-corrected chi connectivity index (χ0v) is 9.79. The largest absolute Gasteiger partial charge is 0.338 e. The molecule has 1 fully saturated rings. The van der Waals surface area contributed by atoms with Gasteiger partial charge < -0.3 is 10.2 Å². The first-order valence-corrected chi connectivity index (χ1v) is 6.86. The van der Waals surface area contributed by atoms with Crippen molar-refractivity contribution in [1.82, 2.24) is 15.3 Å². The molecule has 6 heteroatoms. The number of anilines is 1. The van der Waals surface area contributed by atoms with Gasteiger partial charge in [-0.3, -0.25) is 4.21 Å². The van der Waals surface area contributed by atoms with Crippen LogP contribution in [0.3, 0.4) is 0 Å². The summed E-state index contributed by atoms with van der Waals surface area (Å²) in [6, 6.07) is 0. The molecule has 0 radical (unpaired) electrons. The van der Waals surface area contributed by atoms with Gasteiger partial charge in [-0.1, -0.05) is 0 Å². The molecule has 0 saturated carbocycles. The lowest BCUT2D eigenvalue weighted by Gasteiger charge is -2.27. The fraction of sp³-hybridized carbons (Fsp3) is 0.600. The summed E-state index contributed by atoms with van der Waals surface area (Å²) in [4.78, 5) is 11.9. The summed E-state index contributed by atoms with van der Waals surface area (Å²) in [5.41, 5.74) is 0.974. The van der Waals surface area contributed by atoms with Crippen molar-refractivity contribution in [3.63, 3.8) is 0 Å². The molecule has 1 aromatic heterocycles. The Hall–Kier alpha value is -1.01. The van der Waals surface area contributed by atoms with Crippen LogP contribution < -0.4 is 10.2 Å². The maximum Gasteiger partial charge on any atom is 0.225 e. The molecule has 1 atom stereocenters. The lowest BCUT2D eigenvalue weighted by molar-refractivity contribution is 0.578. The van der Waals surface area contributed by atoms with Crippen molar-refractivity contribution in [1.29, 1.82) is 0 Å². The number of nitrogens with one attached hydrogen (secondary N) is 1. The highest BCUT2D eigenvalue weighted by Gasteiger charge is 2.22. The number of aromatic nitrogens is 2. The molecule has 0 aliphatic carbocycles. The number of hydrogen-bond donors (Lipinski definition) is 1. The fourth-order valence-corrected chi connectivity index (χ4v) is 3.26. The third-order valence-electron chi connectivity index (χ3n) is 2.99. The van der Waals surface area contributed by atoms with Gasteiger partial charge in [-0.25, -0.2) is 9.97 Å².